The molecule has 9 heteroatoms. The first-order chi connectivity index (χ1) is 10.1. The summed E-state index contributed by atoms with van der Waals surface area (Å²) in [6.07, 6.45) is 3.31. The number of nitrogens with zero attached hydrogens (tertiary/aromatic N) is 5. The van der Waals surface area contributed by atoms with E-state index < -0.39 is 5.97 Å². The molecule has 0 amide bonds. The highest BCUT2D eigenvalue weighted by Crippen LogP contribution is 2.22. The van der Waals surface area contributed by atoms with Gasteiger partial charge in [-0.05, 0) is 28.1 Å². The third-order valence-electron chi connectivity index (χ3n) is 2.91. The largest absolute Gasteiger partial charge is 0.476 e. The number of furan rings is 1. The summed E-state index contributed by atoms with van der Waals surface area (Å²) in [6.45, 7) is 0.258. The summed E-state index contributed by atoms with van der Waals surface area (Å²) in [5, 5.41) is 16.9. The SMILES string of the molecule is Cn1ccnc1-c1c(C(=O)O)nnn1Cc1ccc(Br)o1. The van der Waals surface area contributed by atoms with Crippen LogP contribution in [0.2, 0.25) is 0 Å². The van der Waals surface area contributed by atoms with Crippen LogP contribution in [0.15, 0.2) is 33.6 Å². The molecule has 0 unspecified atom stereocenters. The molecular formula is C12H10BrN5O3. The number of carboxylic acids is 1. The first-order valence-electron chi connectivity index (χ1n) is 5.95. The topological polar surface area (TPSA) is 99.0 Å². The van der Waals surface area contributed by atoms with E-state index in [1.165, 1.54) is 4.68 Å². The minimum absolute atomic E-state index is 0.144. The first-order valence-corrected chi connectivity index (χ1v) is 6.74. The van der Waals surface area contributed by atoms with Crippen LogP contribution in [0.4, 0.5) is 0 Å². The number of imidazole rings is 1. The Bertz CT molecular complexity index is 804. The summed E-state index contributed by atoms with van der Waals surface area (Å²) >= 11 is 3.22. The van der Waals surface area contributed by atoms with E-state index >= 15 is 0 Å². The van der Waals surface area contributed by atoms with Crippen molar-refractivity contribution >= 4 is 21.9 Å². The summed E-state index contributed by atoms with van der Waals surface area (Å²) in [5.74, 6) is -0.0536. The summed E-state index contributed by atoms with van der Waals surface area (Å²) in [4.78, 5) is 15.5. The molecule has 3 aromatic heterocycles. The Labute approximate surface area is 127 Å². The van der Waals surface area contributed by atoms with Gasteiger partial charge in [0.1, 0.15) is 18.0 Å². The maximum Gasteiger partial charge on any atom is 0.358 e. The number of carboxylic acid groups (broad SMARTS) is 1. The summed E-state index contributed by atoms with van der Waals surface area (Å²) < 4.78 is 9.17. The zero-order valence-corrected chi connectivity index (χ0v) is 12.5. The van der Waals surface area contributed by atoms with Crippen molar-refractivity contribution in [3.63, 3.8) is 0 Å². The Hall–Kier alpha value is -2.42. The highest BCUT2D eigenvalue weighted by molar-refractivity contribution is 9.10. The van der Waals surface area contributed by atoms with Crippen LogP contribution >= 0.6 is 15.9 Å². The smallest absolute Gasteiger partial charge is 0.358 e. The van der Waals surface area contributed by atoms with Gasteiger partial charge in [-0.3, -0.25) is 0 Å². The molecule has 0 aromatic carbocycles. The minimum Gasteiger partial charge on any atom is -0.476 e. The Morgan fingerprint density at radius 3 is 2.86 bits per heavy atom. The molecule has 0 saturated heterocycles. The third kappa shape index (κ3) is 2.47. The van der Waals surface area contributed by atoms with Gasteiger partial charge in [-0.25, -0.2) is 14.5 Å². The van der Waals surface area contributed by atoms with Crippen molar-refractivity contribution in [1.82, 2.24) is 24.5 Å². The van der Waals surface area contributed by atoms with Crippen molar-refractivity contribution in [3.05, 3.63) is 40.7 Å². The van der Waals surface area contributed by atoms with Crippen LogP contribution in [0.25, 0.3) is 11.5 Å². The van der Waals surface area contributed by atoms with Crippen molar-refractivity contribution in [2.45, 2.75) is 6.54 Å². The van der Waals surface area contributed by atoms with Crippen LogP contribution < -0.4 is 0 Å². The van der Waals surface area contributed by atoms with Gasteiger partial charge in [-0.1, -0.05) is 5.21 Å². The van der Waals surface area contributed by atoms with E-state index in [0.29, 0.717) is 21.9 Å². The summed E-state index contributed by atoms with van der Waals surface area (Å²) in [5.41, 5.74) is 0.192. The van der Waals surface area contributed by atoms with Crippen LogP contribution in [-0.2, 0) is 13.6 Å². The van der Waals surface area contributed by atoms with Crippen molar-refractivity contribution < 1.29 is 14.3 Å². The van der Waals surface area contributed by atoms with Gasteiger partial charge in [0.25, 0.3) is 0 Å². The van der Waals surface area contributed by atoms with Gasteiger partial charge in [0.05, 0.1) is 0 Å². The molecule has 0 atom stereocenters. The maximum atomic E-state index is 11.3. The Balaban J connectivity index is 2.09. The fourth-order valence-corrected chi connectivity index (χ4v) is 2.31. The molecule has 21 heavy (non-hydrogen) atoms. The number of aromatic carboxylic acids is 1. The van der Waals surface area contributed by atoms with E-state index in [2.05, 4.69) is 31.2 Å². The predicted molar refractivity (Wildman–Crippen MR) is 74.7 cm³/mol. The molecule has 8 nitrogen and oxygen atoms in total. The normalized spacial score (nSPS) is 11.0. The van der Waals surface area contributed by atoms with Gasteiger partial charge < -0.3 is 14.1 Å². The van der Waals surface area contributed by atoms with Crippen LogP contribution in [0, 0.1) is 0 Å². The molecule has 0 bridgehead atoms. The predicted octanol–water partition coefficient (Wildman–Crippen LogP) is 1.78. The second kappa shape index (κ2) is 5.17. The number of carbonyl (C=O) groups is 1. The minimum atomic E-state index is -1.15. The van der Waals surface area contributed by atoms with Crippen molar-refractivity contribution in [3.8, 4) is 11.5 Å². The van der Waals surface area contributed by atoms with E-state index in [-0.39, 0.29) is 12.2 Å². The number of hydrogen-bond acceptors (Lipinski definition) is 5. The lowest BCUT2D eigenvalue weighted by Crippen LogP contribution is -2.08. The Morgan fingerprint density at radius 1 is 1.48 bits per heavy atom. The zero-order valence-electron chi connectivity index (χ0n) is 10.9. The van der Waals surface area contributed by atoms with Crippen LogP contribution in [0.1, 0.15) is 16.2 Å². The first kappa shape index (κ1) is 13.6. The molecule has 0 aliphatic carbocycles. The monoisotopic (exact) mass is 351 g/mol. The molecule has 0 spiro atoms. The van der Waals surface area contributed by atoms with Gasteiger partial charge >= 0.3 is 5.97 Å². The van der Waals surface area contributed by atoms with E-state index in [4.69, 9.17) is 4.42 Å². The molecule has 0 fully saturated rings. The average molecular weight is 352 g/mol. The standard InChI is InChI=1S/C12H10BrN5O3/c1-17-5-4-14-11(17)10-9(12(19)20)15-16-18(10)6-7-2-3-8(13)21-7/h2-5H,6H2,1H3,(H,19,20). The highest BCUT2D eigenvalue weighted by atomic mass is 79.9. The molecule has 3 rings (SSSR count). The van der Waals surface area contributed by atoms with Gasteiger partial charge in [0.2, 0.25) is 5.69 Å². The number of rotatable bonds is 4. The lowest BCUT2D eigenvalue weighted by atomic mass is 10.3. The second-order valence-electron chi connectivity index (χ2n) is 4.32. The molecule has 1 N–H and O–H groups in total. The fraction of sp³-hybridized carbons (Fsp3) is 0.167. The van der Waals surface area contributed by atoms with Gasteiger partial charge in [0.15, 0.2) is 10.5 Å². The van der Waals surface area contributed by atoms with E-state index in [1.54, 1.807) is 36.1 Å². The fourth-order valence-electron chi connectivity index (χ4n) is 1.97. The molecule has 3 heterocycles. The molecule has 0 saturated carbocycles. The van der Waals surface area contributed by atoms with E-state index in [9.17, 15) is 9.90 Å². The van der Waals surface area contributed by atoms with Crippen molar-refractivity contribution in [1.29, 1.82) is 0 Å². The van der Waals surface area contributed by atoms with Gasteiger partial charge in [-0.2, -0.15) is 0 Å². The lowest BCUT2D eigenvalue weighted by molar-refractivity contribution is 0.0691. The quantitative estimate of drug-likeness (QED) is 0.769. The molecular weight excluding hydrogens is 342 g/mol. The van der Waals surface area contributed by atoms with E-state index in [1.807, 2.05) is 0 Å². The van der Waals surface area contributed by atoms with Crippen LogP contribution in [0.5, 0.6) is 0 Å². The van der Waals surface area contributed by atoms with Gasteiger partial charge in [0, 0.05) is 19.4 Å². The van der Waals surface area contributed by atoms with Crippen LogP contribution in [0.3, 0.4) is 0 Å². The van der Waals surface area contributed by atoms with E-state index in [0.717, 1.165) is 0 Å². The molecule has 0 aliphatic rings. The highest BCUT2D eigenvalue weighted by Gasteiger charge is 2.24. The summed E-state index contributed by atoms with van der Waals surface area (Å²) in [7, 11) is 1.77. The number of aromatic nitrogens is 5. The third-order valence-corrected chi connectivity index (χ3v) is 3.33. The van der Waals surface area contributed by atoms with Crippen molar-refractivity contribution in [2.75, 3.05) is 0 Å². The van der Waals surface area contributed by atoms with Crippen LogP contribution in [-0.4, -0.2) is 35.6 Å². The number of hydrogen-bond donors (Lipinski definition) is 1. The van der Waals surface area contributed by atoms with Gasteiger partial charge in [-0.15, -0.1) is 5.10 Å². The molecule has 0 aliphatic heterocycles. The van der Waals surface area contributed by atoms with Crippen molar-refractivity contribution in [2.24, 2.45) is 7.05 Å². The molecule has 108 valence electrons. The molecule has 3 aromatic rings. The zero-order chi connectivity index (χ0) is 15.0. The second-order valence-corrected chi connectivity index (χ2v) is 5.10. The summed E-state index contributed by atoms with van der Waals surface area (Å²) in [6, 6.07) is 3.53. The average Bonchev–Trinajstić information content (AvgIpc) is 3.11. The number of aryl methyl sites for hydroxylation is 1. The Kier molecular flexibility index (Phi) is 3.34. The lowest BCUT2D eigenvalue weighted by Gasteiger charge is -2.05. The number of halogens is 1. The molecule has 0 radical (unpaired) electrons. The maximum absolute atomic E-state index is 11.3. The Morgan fingerprint density at radius 2 is 2.29 bits per heavy atom.